The van der Waals surface area contributed by atoms with E-state index in [4.69, 9.17) is 10.2 Å². The van der Waals surface area contributed by atoms with Gasteiger partial charge in [-0.2, -0.15) is 4.39 Å². The Kier molecular flexibility index (Phi) is 4.95. The smallest absolute Gasteiger partial charge is 0.306 e. The molecule has 0 fully saturated rings. The molecule has 1 atom stereocenters. The van der Waals surface area contributed by atoms with E-state index in [0.717, 1.165) is 0 Å². The lowest BCUT2D eigenvalue weighted by Crippen LogP contribution is -2.28. The number of benzene rings is 1. The molecule has 0 aliphatic heterocycles. The standard InChI is InChI=1S/C12H12F3NO4/c1-5(12(19)20)2-3-16-11(18)6-4-7(13)9(15)10(17)8(6)14/h4-5,17H,2-3H2,1H3,(H,16,18)(H,19,20). The van der Waals surface area contributed by atoms with Crippen LogP contribution in [0.15, 0.2) is 6.07 Å². The third-order valence-corrected chi connectivity index (χ3v) is 2.66. The van der Waals surface area contributed by atoms with Crippen molar-refractivity contribution in [3.8, 4) is 5.75 Å². The number of amides is 1. The summed E-state index contributed by atoms with van der Waals surface area (Å²) in [4.78, 5) is 22.1. The number of carbonyl (C=O) groups is 2. The topological polar surface area (TPSA) is 86.6 Å². The Hall–Kier alpha value is -2.25. The van der Waals surface area contributed by atoms with E-state index < -0.39 is 46.6 Å². The number of aliphatic carboxylic acids is 1. The van der Waals surface area contributed by atoms with Crippen molar-refractivity contribution in [2.24, 2.45) is 5.92 Å². The molecule has 110 valence electrons. The van der Waals surface area contributed by atoms with Crippen LogP contribution in [0.2, 0.25) is 0 Å². The lowest BCUT2D eigenvalue weighted by atomic mass is 10.1. The molecule has 3 N–H and O–H groups in total. The van der Waals surface area contributed by atoms with Gasteiger partial charge in [-0.25, -0.2) is 8.78 Å². The number of nitrogens with one attached hydrogen (secondary N) is 1. The van der Waals surface area contributed by atoms with Gasteiger partial charge in [-0.05, 0) is 12.5 Å². The van der Waals surface area contributed by atoms with Crippen molar-refractivity contribution in [1.29, 1.82) is 0 Å². The Morgan fingerprint density at radius 1 is 1.30 bits per heavy atom. The summed E-state index contributed by atoms with van der Waals surface area (Å²) in [6.45, 7) is 1.32. The first-order valence-electron chi connectivity index (χ1n) is 5.63. The highest BCUT2D eigenvalue weighted by molar-refractivity contribution is 5.95. The Morgan fingerprint density at radius 3 is 2.45 bits per heavy atom. The molecule has 0 saturated carbocycles. The highest BCUT2D eigenvalue weighted by Crippen LogP contribution is 2.25. The molecule has 0 aliphatic carbocycles. The third kappa shape index (κ3) is 3.40. The van der Waals surface area contributed by atoms with Gasteiger partial charge in [0, 0.05) is 6.54 Å². The minimum absolute atomic E-state index is 0.0817. The van der Waals surface area contributed by atoms with E-state index in [2.05, 4.69) is 5.32 Å². The summed E-state index contributed by atoms with van der Waals surface area (Å²) in [5.74, 6) is -9.35. The van der Waals surface area contributed by atoms with Crippen LogP contribution >= 0.6 is 0 Å². The normalized spacial score (nSPS) is 12.0. The molecule has 20 heavy (non-hydrogen) atoms. The van der Waals surface area contributed by atoms with E-state index in [-0.39, 0.29) is 13.0 Å². The number of halogens is 3. The van der Waals surface area contributed by atoms with Crippen molar-refractivity contribution in [3.63, 3.8) is 0 Å². The minimum Gasteiger partial charge on any atom is -0.503 e. The molecule has 0 aromatic heterocycles. The van der Waals surface area contributed by atoms with Crippen molar-refractivity contribution < 1.29 is 33.0 Å². The molecule has 1 aromatic carbocycles. The van der Waals surface area contributed by atoms with Gasteiger partial charge in [0.25, 0.3) is 5.91 Å². The van der Waals surface area contributed by atoms with Gasteiger partial charge in [0.2, 0.25) is 5.82 Å². The zero-order valence-corrected chi connectivity index (χ0v) is 10.4. The maximum absolute atomic E-state index is 13.4. The quantitative estimate of drug-likeness (QED) is 0.720. The number of hydrogen-bond donors (Lipinski definition) is 3. The SMILES string of the molecule is CC(CCNC(=O)c1cc(F)c(F)c(O)c1F)C(=O)O. The van der Waals surface area contributed by atoms with Crippen LogP contribution in [-0.2, 0) is 4.79 Å². The van der Waals surface area contributed by atoms with Gasteiger partial charge in [-0.1, -0.05) is 6.92 Å². The van der Waals surface area contributed by atoms with Crippen LogP contribution in [0.5, 0.6) is 5.75 Å². The summed E-state index contributed by atoms with van der Waals surface area (Å²) >= 11 is 0. The lowest BCUT2D eigenvalue weighted by Gasteiger charge is -2.09. The number of phenolic OH excluding ortho intramolecular Hbond substituents is 1. The Bertz CT molecular complexity index is 548. The molecule has 1 amide bonds. The number of carboxylic acids is 1. The van der Waals surface area contributed by atoms with Crippen LogP contribution in [0.25, 0.3) is 0 Å². The fourth-order valence-corrected chi connectivity index (χ4v) is 1.38. The number of phenols is 1. The number of hydrogen-bond acceptors (Lipinski definition) is 3. The molecule has 1 unspecified atom stereocenters. The number of rotatable bonds is 5. The van der Waals surface area contributed by atoms with Gasteiger partial charge in [-0.15, -0.1) is 0 Å². The highest BCUT2D eigenvalue weighted by Gasteiger charge is 2.22. The summed E-state index contributed by atoms with van der Waals surface area (Å²) in [7, 11) is 0. The van der Waals surface area contributed by atoms with Crippen molar-refractivity contribution in [3.05, 3.63) is 29.1 Å². The maximum atomic E-state index is 13.4. The van der Waals surface area contributed by atoms with Gasteiger partial charge in [0.1, 0.15) is 0 Å². The number of aromatic hydroxyl groups is 1. The summed E-state index contributed by atoms with van der Waals surface area (Å²) in [5.41, 5.74) is -0.857. The molecule has 1 rings (SSSR count). The van der Waals surface area contributed by atoms with Gasteiger partial charge in [0.05, 0.1) is 11.5 Å². The van der Waals surface area contributed by atoms with Crippen molar-refractivity contribution >= 4 is 11.9 Å². The zero-order chi connectivity index (χ0) is 15.4. The highest BCUT2D eigenvalue weighted by atomic mass is 19.2. The van der Waals surface area contributed by atoms with Crippen molar-refractivity contribution in [1.82, 2.24) is 5.32 Å². The van der Waals surface area contributed by atoms with Gasteiger partial charge in [0.15, 0.2) is 17.4 Å². The molecule has 8 heteroatoms. The predicted molar refractivity (Wildman–Crippen MR) is 61.7 cm³/mol. The summed E-state index contributed by atoms with van der Waals surface area (Å²) in [6, 6.07) is 0.320. The van der Waals surface area contributed by atoms with Crippen LogP contribution in [0, 0.1) is 23.4 Å². The molecule has 0 heterocycles. The fraction of sp³-hybridized carbons (Fsp3) is 0.333. The van der Waals surface area contributed by atoms with Crippen LogP contribution in [0.1, 0.15) is 23.7 Å². The van der Waals surface area contributed by atoms with E-state index >= 15 is 0 Å². The van der Waals surface area contributed by atoms with E-state index in [0.29, 0.717) is 6.07 Å². The van der Waals surface area contributed by atoms with Crippen LogP contribution < -0.4 is 5.32 Å². The van der Waals surface area contributed by atoms with E-state index in [1.54, 1.807) is 0 Å². The monoisotopic (exact) mass is 291 g/mol. The first-order valence-corrected chi connectivity index (χ1v) is 5.63. The largest absolute Gasteiger partial charge is 0.503 e. The Morgan fingerprint density at radius 2 is 1.90 bits per heavy atom. The first kappa shape index (κ1) is 15.8. The summed E-state index contributed by atoms with van der Waals surface area (Å²) < 4.78 is 39.2. The molecule has 0 aliphatic rings. The average Bonchev–Trinajstić information content (AvgIpc) is 2.39. The van der Waals surface area contributed by atoms with Gasteiger partial charge in [-0.3, -0.25) is 9.59 Å². The molecule has 1 aromatic rings. The fourth-order valence-electron chi connectivity index (χ4n) is 1.38. The number of carbonyl (C=O) groups excluding carboxylic acids is 1. The van der Waals surface area contributed by atoms with E-state index in [9.17, 15) is 22.8 Å². The first-order chi connectivity index (χ1) is 9.25. The molecule has 0 radical (unpaired) electrons. The second kappa shape index (κ2) is 6.27. The van der Waals surface area contributed by atoms with Gasteiger partial charge < -0.3 is 15.5 Å². The molecule has 0 saturated heterocycles. The molecular formula is C12H12F3NO4. The molecule has 0 bridgehead atoms. The van der Waals surface area contributed by atoms with Crippen LogP contribution in [-0.4, -0.2) is 28.6 Å². The molecule has 0 spiro atoms. The Balaban J connectivity index is 2.76. The van der Waals surface area contributed by atoms with Crippen molar-refractivity contribution in [2.75, 3.05) is 6.54 Å². The Labute approximate surface area is 112 Å². The predicted octanol–water partition coefficient (Wildman–Crippen LogP) is 1.65. The molecule has 5 nitrogen and oxygen atoms in total. The summed E-state index contributed by atoms with van der Waals surface area (Å²) in [5, 5.41) is 19.7. The second-order valence-electron chi connectivity index (χ2n) is 4.17. The average molecular weight is 291 g/mol. The second-order valence-corrected chi connectivity index (χ2v) is 4.17. The number of carboxylic acid groups (broad SMARTS) is 1. The lowest BCUT2D eigenvalue weighted by molar-refractivity contribution is -0.141. The van der Waals surface area contributed by atoms with Crippen molar-refractivity contribution in [2.45, 2.75) is 13.3 Å². The third-order valence-electron chi connectivity index (χ3n) is 2.66. The summed E-state index contributed by atoms with van der Waals surface area (Å²) in [6.07, 6.45) is 0.0817. The van der Waals surface area contributed by atoms with Gasteiger partial charge >= 0.3 is 5.97 Å². The van der Waals surface area contributed by atoms with Crippen LogP contribution in [0.4, 0.5) is 13.2 Å². The van der Waals surface area contributed by atoms with E-state index in [1.165, 1.54) is 6.92 Å². The minimum atomic E-state index is -1.78. The zero-order valence-electron chi connectivity index (χ0n) is 10.4. The molecular weight excluding hydrogens is 279 g/mol. The van der Waals surface area contributed by atoms with E-state index in [1.807, 2.05) is 0 Å². The maximum Gasteiger partial charge on any atom is 0.306 e. The van der Waals surface area contributed by atoms with Crippen LogP contribution in [0.3, 0.4) is 0 Å².